The van der Waals surface area contributed by atoms with Crippen LogP contribution in [-0.4, -0.2) is 4.98 Å². The van der Waals surface area contributed by atoms with E-state index in [0.29, 0.717) is 0 Å². The minimum Gasteiger partial charge on any atom is -0.320 e. The van der Waals surface area contributed by atoms with Gasteiger partial charge in [-0.25, -0.2) is 0 Å². The largest absolute Gasteiger partial charge is 0.320 e. The van der Waals surface area contributed by atoms with E-state index in [0.717, 1.165) is 10.0 Å². The Morgan fingerprint density at radius 3 is 2.72 bits per heavy atom. The molecule has 0 aliphatic heterocycles. The standard InChI is InChI=1S/C15H15BrN2/c16-14-7-13(8-18-9-14)15(17)12-5-4-10-2-1-3-11(10)6-12/h4-9,15H,1-3,17H2. The Bertz CT molecular complexity index is 580. The molecule has 0 amide bonds. The Morgan fingerprint density at radius 1 is 1.06 bits per heavy atom. The molecule has 1 aliphatic carbocycles. The lowest BCUT2D eigenvalue weighted by Gasteiger charge is -2.14. The Morgan fingerprint density at radius 2 is 1.89 bits per heavy atom. The van der Waals surface area contributed by atoms with Gasteiger partial charge in [0, 0.05) is 16.9 Å². The first-order valence-corrected chi connectivity index (χ1v) is 7.01. The third-order valence-electron chi connectivity index (χ3n) is 3.57. The predicted molar refractivity (Wildman–Crippen MR) is 76.4 cm³/mol. The van der Waals surface area contributed by atoms with Gasteiger partial charge in [0.1, 0.15) is 0 Å². The number of hydrogen-bond acceptors (Lipinski definition) is 2. The summed E-state index contributed by atoms with van der Waals surface area (Å²) in [5.74, 6) is 0. The first-order valence-electron chi connectivity index (χ1n) is 6.22. The summed E-state index contributed by atoms with van der Waals surface area (Å²) < 4.78 is 0.969. The fraction of sp³-hybridized carbons (Fsp3) is 0.267. The van der Waals surface area contributed by atoms with E-state index in [1.165, 1.54) is 36.0 Å². The van der Waals surface area contributed by atoms with Crippen LogP contribution in [0.1, 0.15) is 34.7 Å². The molecule has 3 heteroatoms. The van der Waals surface area contributed by atoms with Crippen molar-refractivity contribution in [1.82, 2.24) is 4.98 Å². The van der Waals surface area contributed by atoms with E-state index < -0.39 is 0 Å². The summed E-state index contributed by atoms with van der Waals surface area (Å²) in [5, 5.41) is 0. The number of rotatable bonds is 2. The van der Waals surface area contributed by atoms with E-state index in [1.54, 1.807) is 6.20 Å². The average molecular weight is 303 g/mol. The highest BCUT2D eigenvalue weighted by molar-refractivity contribution is 9.10. The van der Waals surface area contributed by atoms with Crippen molar-refractivity contribution in [3.63, 3.8) is 0 Å². The lowest BCUT2D eigenvalue weighted by Crippen LogP contribution is -2.12. The fourth-order valence-corrected chi connectivity index (χ4v) is 2.96. The number of nitrogens with two attached hydrogens (primary N) is 1. The van der Waals surface area contributed by atoms with Gasteiger partial charge in [-0.2, -0.15) is 0 Å². The highest BCUT2D eigenvalue weighted by Crippen LogP contribution is 2.27. The van der Waals surface area contributed by atoms with Crippen LogP contribution in [0.4, 0.5) is 0 Å². The zero-order chi connectivity index (χ0) is 12.5. The quantitative estimate of drug-likeness (QED) is 0.923. The van der Waals surface area contributed by atoms with Crippen LogP contribution in [0.3, 0.4) is 0 Å². The topological polar surface area (TPSA) is 38.9 Å². The molecule has 1 aromatic heterocycles. The molecular formula is C15H15BrN2. The monoisotopic (exact) mass is 302 g/mol. The number of hydrogen-bond donors (Lipinski definition) is 1. The van der Waals surface area contributed by atoms with Crippen LogP contribution in [0, 0.1) is 0 Å². The number of pyridine rings is 1. The van der Waals surface area contributed by atoms with E-state index in [4.69, 9.17) is 5.73 Å². The van der Waals surface area contributed by atoms with Gasteiger partial charge < -0.3 is 5.73 Å². The van der Waals surface area contributed by atoms with Crippen LogP contribution in [-0.2, 0) is 12.8 Å². The van der Waals surface area contributed by atoms with Gasteiger partial charge in [-0.15, -0.1) is 0 Å². The highest BCUT2D eigenvalue weighted by atomic mass is 79.9. The molecule has 1 aliphatic rings. The third kappa shape index (κ3) is 2.20. The van der Waals surface area contributed by atoms with Crippen LogP contribution < -0.4 is 5.73 Å². The number of nitrogens with zero attached hydrogens (tertiary/aromatic N) is 1. The lowest BCUT2D eigenvalue weighted by atomic mass is 9.97. The minimum atomic E-state index is -0.0964. The van der Waals surface area contributed by atoms with Gasteiger partial charge in [0.25, 0.3) is 0 Å². The van der Waals surface area contributed by atoms with Crippen molar-refractivity contribution in [3.8, 4) is 0 Å². The van der Waals surface area contributed by atoms with Crippen molar-refractivity contribution in [2.45, 2.75) is 25.3 Å². The summed E-state index contributed by atoms with van der Waals surface area (Å²) >= 11 is 3.43. The Balaban J connectivity index is 1.95. The fourth-order valence-electron chi connectivity index (χ4n) is 2.58. The first-order chi connectivity index (χ1) is 8.74. The van der Waals surface area contributed by atoms with Crippen molar-refractivity contribution in [3.05, 3.63) is 63.4 Å². The number of aryl methyl sites for hydroxylation is 2. The van der Waals surface area contributed by atoms with Gasteiger partial charge in [-0.3, -0.25) is 4.98 Å². The molecule has 0 spiro atoms. The molecule has 0 radical (unpaired) electrons. The summed E-state index contributed by atoms with van der Waals surface area (Å²) in [4.78, 5) is 4.18. The Hall–Kier alpha value is -1.19. The molecule has 2 nitrogen and oxygen atoms in total. The number of benzene rings is 1. The van der Waals surface area contributed by atoms with E-state index in [1.807, 2.05) is 12.3 Å². The predicted octanol–water partition coefficient (Wildman–Crippen LogP) is 3.38. The molecule has 1 aromatic carbocycles. The second-order valence-electron chi connectivity index (χ2n) is 4.80. The summed E-state index contributed by atoms with van der Waals surface area (Å²) in [6, 6.07) is 8.57. The molecule has 3 rings (SSSR count). The number of aromatic nitrogens is 1. The summed E-state index contributed by atoms with van der Waals surface area (Å²) in [6.07, 6.45) is 7.28. The van der Waals surface area contributed by atoms with E-state index in [2.05, 4.69) is 39.1 Å². The van der Waals surface area contributed by atoms with Crippen molar-refractivity contribution in [2.24, 2.45) is 5.73 Å². The SMILES string of the molecule is NC(c1cncc(Br)c1)c1ccc2c(c1)CCC2. The Kier molecular flexibility index (Phi) is 3.18. The molecule has 0 saturated carbocycles. The van der Waals surface area contributed by atoms with Gasteiger partial charge in [0.2, 0.25) is 0 Å². The molecule has 92 valence electrons. The van der Waals surface area contributed by atoms with E-state index in [-0.39, 0.29) is 6.04 Å². The first kappa shape index (κ1) is 11.9. The molecule has 1 unspecified atom stereocenters. The van der Waals surface area contributed by atoms with E-state index >= 15 is 0 Å². The van der Waals surface area contributed by atoms with Crippen molar-refractivity contribution in [2.75, 3.05) is 0 Å². The third-order valence-corrected chi connectivity index (χ3v) is 4.00. The van der Waals surface area contributed by atoms with Crippen LogP contribution in [0.25, 0.3) is 0 Å². The maximum atomic E-state index is 6.32. The molecule has 1 heterocycles. The highest BCUT2D eigenvalue weighted by Gasteiger charge is 2.15. The maximum absolute atomic E-state index is 6.32. The van der Waals surface area contributed by atoms with Gasteiger partial charge in [0.05, 0.1) is 6.04 Å². The second kappa shape index (κ2) is 4.82. The van der Waals surface area contributed by atoms with Crippen LogP contribution in [0.2, 0.25) is 0 Å². The van der Waals surface area contributed by atoms with Crippen LogP contribution in [0.15, 0.2) is 41.1 Å². The Labute approximate surface area is 115 Å². The van der Waals surface area contributed by atoms with Crippen LogP contribution >= 0.6 is 15.9 Å². The second-order valence-corrected chi connectivity index (χ2v) is 5.71. The average Bonchev–Trinajstić information content (AvgIpc) is 2.85. The van der Waals surface area contributed by atoms with Gasteiger partial charge in [0.15, 0.2) is 0 Å². The van der Waals surface area contributed by atoms with Crippen LogP contribution in [0.5, 0.6) is 0 Å². The zero-order valence-corrected chi connectivity index (χ0v) is 11.7. The summed E-state index contributed by atoms with van der Waals surface area (Å²) in [6.45, 7) is 0. The molecule has 0 fully saturated rings. The number of fused-ring (bicyclic) bond motifs is 1. The molecular weight excluding hydrogens is 288 g/mol. The van der Waals surface area contributed by atoms with Gasteiger partial charge in [-0.1, -0.05) is 18.2 Å². The summed E-state index contributed by atoms with van der Waals surface area (Å²) in [5.41, 5.74) is 11.5. The van der Waals surface area contributed by atoms with Gasteiger partial charge in [-0.05, 0) is 63.5 Å². The molecule has 1 atom stereocenters. The molecule has 2 aromatic rings. The summed E-state index contributed by atoms with van der Waals surface area (Å²) in [7, 11) is 0. The van der Waals surface area contributed by atoms with E-state index in [9.17, 15) is 0 Å². The smallest absolute Gasteiger partial charge is 0.0567 e. The molecule has 0 saturated heterocycles. The molecule has 0 bridgehead atoms. The van der Waals surface area contributed by atoms with Gasteiger partial charge >= 0.3 is 0 Å². The minimum absolute atomic E-state index is 0.0964. The maximum Gasteiger partial charge on any atom is 0.0567 e. The molecule has 2 N–H and O–H groups in total. The molecule has 18 heavy (non-hydrogen) atoms. The lowest BCUT2D eigenvalue weighted by molar-refractivity contribution is 0.858. The van der Waals surface area contributed by atoms with Crippen molar-refractivity contribution >= 4 is 15.9 Å². The normalized spacial score (nSPS) is 15.4. The van der Waals surface area contributed by atoms with Crippen molar-refractivity contribution in [1.29, 1.82) is 0 Å². The number of halogens is 1. The zero-order valence-electron chi connectivity index (χ0n) is 10.1. The van der Waals surface area contributed by atoms with Crippen molar-refractivity contribution < 1.29 is 0 Å².